The smallest absolute Gasteiger partial charge is 0.153 e. The molecule has 5 heteroatoms. The Hall–Kier alpha value is -0.580. The molecule has 0 heterocycles. The summed E-state index contributed by atoms with van der Waals surface area (Å²) in [6.45, 7) is 5.84. The molecule has 0 saturated carbocycles. The van der Waals surface area contributed by atoms with Gasteiger partial charge in [-0.05, 0) is 38.5 Å². The monoisotopic (exact) mass is 289 g/mol. The number of hydrogen-bond acceptors (Lipinski definition) is 3. The van der Waals surface area contributed by atoms with Crippen LogP contribution in [0.15, 0.2) is 24.3 Å². The summed E-state index contributed by atoms with van der Waals surface area (Å²) in [6, 6.07) is 7.61. The number of sulfone groups is 1. The van der Waals surface area contributed by atoms with Crippen LogP contribution in [0, 0.1) is 0 Å². The maximum atomic E-state index is 11.6. The van der Waals surface area contributed by atoms with E-state index >= 15 is 0 Å². The fraction of sp³-hybridized carbons (Fsp3) is 0.538. The van der Waals surface area contributed by atoms with Gasteiger partial charge in [-0.1, -0.05) is 23.7 Å². The molecule has 1 rings (SSSR count). The molecule has 0 aliphatic heterocycles. The topological polar surface area (TPSA) is 46.2 Å². The highest BCUT2D eigenvalue weighted by molar-refractivity contribution is 7.92. The van der Waals surface area contributed by atoms with Gasteiger partial charge in [-0.25, -0.2) is 8.42 Å². The lowest BCUT2D eigenvalue weighted by atomic mass is 10.1. The second kappa shape index (κ2) is 5.59. The summed E-state index contributed by atoms with van der Waals surface area (Å²) in [5.74, 6) is 0. The summed E-state index contributed by atoms with van der Waals surface area (Å²) in [5.41, 5.74) is 1.05. The molecule has 3 nitrogen and oxygen atoms in total. The maximum Gasteiger partial charge on any atom is 0.153 e. The van der Waals surface area contributed by atoms with Crippen molar-refractivity contribution in [2.24, 2.45) is 0 Å². The Bertz CT molecular complexity index is 511. The normalized spacial score (nSPS) is 14.5. The van der Waals surface area contributed by atoms with E-state index in [0.717, 1.165) is 5.56 Å². The Morgan fingerprint density at radius 1 is 1.39 bits per heavy atom. The number of halogens is 1. The van der Waals surface area contributed by atoms with Crippen molar-refractivity contribution in [2.75, 3.05) is 12.8 Å². The van der Waals surface area contributed by atoms with E-state index in [0.29, 0.717) is 11.6 Å². The number of rotatable bonds is 5. The van der Waals surface area contributed by atoms with Gasteiger partial charge in [0.1, 0.15) is 0 Å². The lowest BCUT2D eigenvalue weighted by Crippen LogP contribution is -2.42. The molecule has 0 aliphatic rings. The van der Waals surface area contributed by atoms with E-state index in [-0.39, 0.29) is 6.04 Å². The fourth-order valence-corrected chi connectivity index (χ4v) is 1.97. The molecule has 102 valence electrons. The van der Waals surface area contributed by atoms with Gasteiger partial charge >= 0.3 is 0 Å². The minimum Gasteiger partial charge on any atom is -0.309 e. The third-order valence-corrected chi connectivity index (χ3v) is 5.57. The lowest BCUT2D eigenvalue weighted by molar-refractivity contribution is 0.489. The van der Waals surface area contributed by atoms with E-state index in [9.17, 15) is 8.42 Å². The van der Waals surface area contributed by atoms with Crippen LogP contribution >= 0.6 is 11.6 Å². The van der Waals surface area contributed by atoms with Crippen molar-refractivity contribution in [2.45, 2.75) is 31.6 Å². The predicted octanol–water partition coefficient (Wildman–Crippen LogP) is 2.81. The van der Waals surface area contributed by atoms with Crippen LogP contribution in [0.4, 0.5) is 0 Å². The van der Waals surface area contributed by atoms with Crippen LogP contribution in [0.5, 0.6) is 0 Å². The molecule has 0 aromatic heterocycles. The number of hydrogen-bond donors (Lipinski definition) is 1. The highest BCUT2D eigenvalue weighted by Gasteiger charge is 2.30. The first kappa shape index (κ1) is 15.5. The average molecular weight is 290 g/mol. The Balaban J connectivity index is 2.70. The number of nitrogens with one attached hydrogen (secondary N) is 1. The van der Waals surface area contributed by atoms with Crippen molar-refractivity contribution >= 4 is 21.4 Å². The standard InChI is InChI=1S/C13H20ClNO2S/c1-10(11-6-5-7-12(14)8-11)15-9-13(2,3)18(4,16)17/h5-8,10,15H,9H2,1-4H3. The van der Waals surface area contributed by atoms with E-state index in [1.165, 1.54) is 6.26 Å². The van der Waals surface area contributed by atoms with E-state index in [2.05, 4.69) is 5.32 Å². The molecule has 0 bridgehead atoms. The Kier molecular flexibility index (Phi) is 4.81. The molecule has 1 N–H and O–H groups in total. The lowest BCUT2D eigenvalue weighted by Gasteiger charge is -2.25. The molecular formula is C13H20ClNO2S. The van der Waals surface area contributed by atoms with Crippen molar-refractivity contribution in [1.29, 1.82) is 0 Å². The van der Waals surface area contributed by atoms with E-state index in [4.69, 9.17) is 11.6 Å². The zero-order valence-corrected chi connectivity index (χ0v) is 12.8. The molecule has 0 radical (unpaired) electrons. The summed E-state index contributed by atoms with van der Waals surface area (Å²) in [7, 11) is -3.08. The van der Waals surface area contributed by atoms with E-state index < -0.39 is 14.6 Å². The van der Waals surface area contributed by atoms with Gasteiger partial charge in [0.05, 0.1) is 4.75 Å². The molecule has 1 aromatic carbocycles. The van der Waals surface area contributed by atoms with Gasteiger partial charge in [-0.2, -0.15) is 0 Å². The van der Waals surface area contributed by atoms with Gasteiger partial charge in [0.2, 0.25) is 0 Å². The highest BCUT2D eigenvalue weighted by Crippen LogP contribution is 2.19. The average Bonchev–Trinajstić information content (AvgIpc) is 2.24. The minimum atomic E-state index is -3.08. The van der Waals surface area contributed by atoms with Crippen LogP contribution in [-0.4, -0.2) is 26.0 Å². The Morgan fingerprint density at radius 3 is 2.50 bits per heavy atom. The molecule has 0 saturated heterocycles. The quantitative estimate of drug-likeness (QED) is 0.907. The van der Waals surface area contributed by atoms with Gasteiger partial charge in [0.25, 0.3) is 0 Å². The third-order valence-electron chi connectivity index (χ3n) is 3.19. The van der Waals surface area contributed by atoms with Gasteiger partial charge in [0.15, 0.2) is 9.84 Å². The molecule has 1 unspecified atom stereocenters. The molecule has 0 spiro atoms. The Morgan fingerprint density at radius 2 is 2.00 bits per heavy atom. The van der Waals surface area contributed by atoms with Crippen LogP contribution < -0.4 is 5.32 Å². The summed E-state index contributed by atoms with van der Waals surface area (Å²) in [5, 5.41) is 3.92. The van der Waals surface area contributed by atoms with Crippen molar-refractivity contribution in [3.8, 4) is 0 Å². The number of benzene rings is 1. The zero-order valence-electron chi connectivity index (χ0n) is 11.2. The first-order chi connectivity index (χ1) is 8.13. The fourth-order valence-electron chi connectivity index (χ4n) is 1.42. The van der Waals surface area contributed by atoms with Crippen molar-refractivity contribution in [3.63, 3.8) is 0 Å². The van der Waals surface area contributed by atoms with E-state index in [1.807, 2.05) is 31.2 Å². The first-order valence-electron chi connectivity index (χ1n) is 5.82. The molecule has 0 fully saturated rings. The SMILES string of the molecule is CC(NCC(C)(C)S(C)(=O)=O)c1cccc(Cl)c1. The first-order valence-corrected chi connectivity index (χ1v) is 8.09. The molecular weight excluding hydrogens is 270 g/mol. The summed E-state index contributed by atoms with van der Waals surface area (Å²) >= 11 is 5.93. The minimum absolute atomic E-state index is 0.0599. The maximum absolute atomic E-state index is 11.6. The van der Waals surface area contributed by atoms with Gasteiger partial charge in [-0.3, -0.25) is 0 Å². The zero-order chi connectivity index (χ0) is 14.0. The van der Waals surface area contributed by atoms with Gasteiger partial charge in [0, 0.05) is 23.9 Å². The Labute approximate surface area is 114 Å². The second-order valence-corrected chi connectivity index (χ2v) is 8.28. The van der Waals surface area contributed by atoms with Crippen molar-refractivity contribution in [3.05, 3.63) is 34.9 Å². The predicted molar refractivity (Wildman–Crippen MR) is 76.8 cm³/mol. The van der Waals surface area contributed by atoms with Gasteiger partial charge in [-0.15, -0.1) is 0 Å². The second-order valence-electron chi connectivity index (χ2n) is 5.19. The summed E-state index contributed by atoms with van der Waals surface area (Å²) in [6.07, 6.45) is 1.26. The third kappa shape index (κ3) is 3.97. The van der Waals surface area contributed by atoms with Crippen molar-refractivity contribution < 1.29 is 8.42 Å². The van der Waals surface area contributed by atoms with Crippen LogP contribution in [0.25, 0.3) is 0 Å². The molecule has 0 aliphatic carbocycles. The van der Waals surface area contributed by atoms with Crippen LogP contribution in [0.3, 0.4) is 0 Å². The van der Waals surface area contributed by atoms with Gasteiger partial charge < -0.3 is 5.32 Å². The molecule has 18 heavy (non-hydrogen) atoms. The highest BCUT2D eigenvalue weighted by atomic mass is 35.5. The van der Waals surface area contributed by atoms with Crippen LogP contribution in [-0.2, 0) is 9.84 Å². The van der Waals surface area contributed by atoms with Crippen molar-refractivity contribution in [1.82, 2.24) is 5.32 Å². The van der Waals surface area contributed by atoms with E-state index in [1.54, 1.807) is 13.8 Å². The molecule has 1 atom stereocenters. The molecule has 1 aromatic rings. The molecule has 0 amide bonds. The van der Waals surface area contributed by atoms with Crippen LogP contribution in [0.2, 0.25) is 5.02 Å². The van der Waals surface area contributed by atoms with Crippen LogP contribution in [0.1, 0.15) is 32.4 Å². The summed E-state index contributed by atoms with van der Waals surface area (Å²) in [4.78, 5) is 0. The largest absolute Gasteiger partial charge is 0.309 e. The summed E-state index contributed by atoms with van der Waals surface area (Å²) < 4.78 is 22.4.